The molecule has 46 valence electrons. The molecule has 0 saturated carbocycles. The summed E-state index contributed by atoms with van der Waals surface area (Å²) in [5.41, 5.74) is 1.09. The molecule has 0 aliphatic heterocycles. The molecule has 9 heavy (non-hydrogen) atoms. The Bertz CT molecular complexity index is 229. The van der Waals surface area contributed by atoms with E-state index in [0.29, 0.717) is 0 Å². The number of hydrogen-bond donors (Lipinski definition) is 0. The van der Waals surface area contributed by atoms with Crippen LogP contribution in [0.15, 0.2) is 11.4 Å². The summed E-state index contributed by atoms with van der Waals surface area (Å²) in [6.07, 6.45) is 0. The zero-order valence-corrected chi connectivity index (χ0v) is 6.29. The fourth-order valence-corrected chi connectivity index (χ4v) is 1.56. The Kier molecular flexibility index (Phi) is 1.71. The van der Waals surface area contributed by atoms with Gasteiger partial charge in [0.2, 0.25) is 0 Å². The third-order valence-electron chi connectivity index (χ3n) is 1.18. The second-order valence-corrected chi connectivity index (χ2v) is 2.91. The Morgan fingerprint density at radius 1 is 1.78 bits per heavy atom. The average Bonchev–Trinajstić information content (AvgIpc) is 2.13. The zero-order valence-electron chi connectivity index (χ0n) is 5.47. The molecule has 0 atom stereocenters. The highest BCUT2D eigenvalue weighted by atomic mass is 32.1. The lowest BCUT2D eigenvalue weighted by molar-refractivity contribution is 0.102. The van der Waals surface area contributed by atoms with Gasteiger partial charge in [-0.3, -0.25) is 4.79 Å². The second kappa shape index (κ2) is 2.35. The van der Waals surface area contributed by atoms with Crippen LogP contribution in [0.3, 0.4) is 0 Å². The maximum Gasteiger partial charge on any atom is 0.169 e. The van der Waals surface area contributed by atoms with Gasteiger partial charge in [-0.25, -0.2) is 0 Å². The van der Waals surface area contributed by atoms with Crippen molar-refractivity contribution in [2.45, 2.75) is 6.92 Å². The standard InChI is InChI=1S/C6H7BOS/c1-4(8)6-5(7)2-3-9-6/h2-3H,7H2,1H3. The lowest BCUT2D eigenvalue weighted by atomic mass is 9.96. The second-order valence-electron chi connectivity index (χ2n) is 1.99. The summed E-state index contributed by atoms with van der Waals surface area (Å²) in [6.45, 7) is 1.60. The molecule has 0 aliphatic carbocycles. The summed E-state index contributed by atoms with van der Waals surface area (Å²) in [7, 11) is 1.95. The highest BCUT2D eigenvalue weighted by molar-refractivity contribution is 7.13. The zero-order chi connectivity index (χ0) is 6.85. The predicted molar refractivity (Wildman–Crippen MR) is 42.5 cm³/mol. The number of Topliss-reactive ketones (excluding diaryl/α,β-unsaturated/α-hetero) is 1. The van der Waals surface area contributed by atoms with E-state index >= 15 is 0 Å². The molecule has 0 fully saturated rings. The SMILES string of the molecule is Bc1ccsc1C(C)=O. The van der Waals surface area contributed by atoms with Crippen LogP contribution < -0.4 is 5.46 Å². The molecule has 1 aromatic rings. The monoisotopic (exact) mass is 138 g/mol. The number of rotatable bonds is 1. The number of carbonyl (C=O) groups excluding carboxylic acids is 1. The molecule has 0 amide bonds. The highest BCUT2D eigenvalue weighted by Crippen LogP contribution is 2.04. The van der Waals surface area contributed by atoms with E-state index in [-0.39, 0.29) is 5.78 Å². The van der Waals surface area contributed by atoms with Gasteiger partial charge in [-0.05, 0) is 12.3 Å². The van der Waals surface area contributed by atoms with Gasteiger partial charge in [0.15, 0.2) is 5.78 Å². The summed E-state index contributed by atoms with van der Waals surface area (Å²) in [5.74, 6) is 0.169. The average molecular weight is 138 g/mol. The van der Waals surface area contributed by atoms with Gasteiger partial charge in [0.05, 0.1) is 4.88 Å². The van der Waals surface area contributed by atoms with Gasteiger partial charge in [0, 0.05) is 0 Å². The molecule has 3 heteroatoms. The first kappa shape index (κ1) is 6.55. The maximum atomic E-state index is 10.7. The van der Waals surface area contributed by atoms with Crippen LogP contribution >= 0.6 is 11.3 Å². The Hall–Kier alpha value is -0.565. The van der Waals surface area contributed by atoms with Crippen LogP contribution in [0.2, 0.25) is 0 Å². The van der Waals surface area contributed by atoms with E-state index in [1.807, 2.05) is 19.3 Å². The summed E-state index contributed by atoms with van der Waals surface area (Å²) in [4.78, 5) is 11.6. The Balaban J connectivity index is 3.08. The van der Waals surface area contributed by atoms with Crippen LogP contribution in [0.5, 0.6) is 0 Å². The van der Waals surface area contributed by atoms with E-state index in [0.717, 1.165) is 10.3 Å². The van der Waals surface area contributed by atoms with E-state index in [4.69, 9.17) is 0 Å². The molecule has 1 heterocycles. The minimum Gasteiger partial charge on any atom is -0.294 e. The summed E-state index contributed by atoms with van der Waals surface area (Å²) in [6, 6.07) is 1.96. The van der Waals surface area contributed by atoms with Crippen molar-refractivity contribution in [2.75, 3.05) is 0 Å². The third-order valence-corrected chi connectivity index (χ3v) is 2.30. The molecule has 1 aromatic heterocycles. The molecule has 0 aromatic carbocycles. The Labute approximate surface area is 59.1 Å². The van der Waals surface area contributed by atoms with Gasteiger partial charge in [-0.15, -0.1) is 11.3 Å². The number of ketones is 1. The minimum absolute atomic E-state index is 0.169. The van der Waals surface area contributed by atoms with Crippen molar-refractivity contribution in [2.24, 2.45) is 0 Å². The first-order valence-electron chi connectivity index (χ1n) is 2.77. The van der Waals surface area contributed by atoms with Gasteiger partial charge < -0.3 is 0 Å². The summed E-state index contributed by atoms with van der Waals surface area (Å²) < 4.78 is 0. The first-order valence-corrected chi connectivity index (χ1v) is 3.65. The molecule has 0 saturated heterocycles. The number of carbonyl (C=O) groups is 1. The van der Waals surface area contributed by atoms with E-state index in [2.05, 4.69) is 0 Å². The van der Waals surface area contributed by atoms with Crippen molar-refractivity contribution in [1.82, 2.24) is 0 Å². The fraction of sp³-hybridized carbons (Fsp3) is 0.167. The van der Waals surface area contributed by atoms with Crippen molar-refractivity contribution in [1.29, 1.82) is 0 Å². The van der Waals surface area contributed by atoms with Gasteiger partial charge in [-0.1, -0.05) is 11.5 Å². The topological polar surface area (TPSA) is 17.1 Å². The fourth-order valence-electron chi connectivity index (χ4n) is 0.733. The normalized spacial score (nSPS) is 9.44. The molecule has 0 bridgehead atoms. The molecule has 0 unspecified atom stereocenters. The van der Waals surface area contributed by atoms with Crippen molar-refractivity contribution in [3.05, 3.63) is 16.3 Å². The minimum atomic E-state index is 0.169. The van der Waals surface area contributed by atoms with E-state index in [1.165, 1.54) is 11.3 Å². The van der Waals surface area contributed by atoms with Crippen molar-refractivity contribution in [3.8, 4) is 0 Å². The first-order chi connectivity index (χ1) is 4.22. The molecule has 0 N–H and O–H groups in total. The molecule has 1 nitrogen and oxygen atoms in total. The Morgan fingerprint density at radius 3 is 2.67 bits per heavy atom. The van der Waals surface area contributed by atoms with E-state index in [9.17, 15) is 4.79 Å². The number of thiophene rings is 1. The predicted octanol–water partition coefficient (Wildman–Crippen LogP) is 0.209. The van der Waals surface area contributed by atoms with Gasteiger partial charge >= 0.3 is 0 Å². The van der Waals surface area contributed by atoms with Crippen LogP contribution in [0.4, 0.5) is 0 Å². The smallest absolute Gasteiger partial charge is 0.169 e. The number of hydrogen-bond acceptors (Lipinski definition) is 2. The quantitative estimate of drug-likeness (QED) is 0.400. The lowest BCUT2D eigenvalue weighted by Gasteiger charge is -1.87. The maximum absolute atomic E-state index is 10.7. The Morgan fingerprint density at radius 2 is 2.44 bits per heavy atom. The van der Waals surface area contributed by atoms with Gasteiger partial charge in [0.1, 0.15) is 7.85 Å². The van der Waals surface area contributed by atoms with Crippen LogP contribution in [0, 0.1) is 0 Å². The van der Waals surface area contributed by atoms with Crippen LogP contribution in [0.1, 0.15) is 16.6 Å². The largest absolute Gasteiger partial charge is 0.294 e. The van der Waals surface area contributed by atoms with Gasteiger partial charge in [0.25, 0.3) is 0 Å². The van der Waals surface area contributed by atoms with E-state index < -0.39 is 0 Å². The lowest BCUT2D eigenvalue weighted by Crippen LogP contribution is -2.07. The van der Waals surface area contributed by atoms with Crippen LogP contribution in [-0.2, 0) is 0 Å². The summed E-state index contributed by atoms with van der Waals surface area (Å²) in [5, 5.41) is 1.94. The summed E-state index contributed by atoms with van der Waals surface area (Å²) >= 11 is 1.51. The molecule has 1 rings (SSSR count). The van der Waals surface area contributed by atoms with Crippen LogP contribution in [0.25, 0.3) is 0 Å². The van der Waals surface area contributed by atoms with Crippen molar-refractivity contribution >= 4 is 30.4 Å². The van der Waals surface area contributed by atoms with Crippen molar-refractivity contribution in [3.63, 3.8) is 0 Å². The molecule has 0 aliphatic rings. The highest BCUT2D eigenvalue weighted by Gasteiger charge is 2.02. The van der Waals surface area contributed by atoms with E-state index in [1.54, 1.807) is 6.92 Å². The molecular weight excluding hydrogens is 131 g/mol. The molecule has 0 spiro atoms. The molecular formula is C6H7BOS. The van der Waals surface area contributed by atoms with Gasteiger partial charge in [-0.2, -0.15) is 0 Å². The van der Waals surface area contributed by atoms with Crippen LogP contribution in [-0.4, -0.2) is 13.6 Å². The third kappa shape index (κ3) is 1.22. The van der Waals surface area contributed by atoms with Crippen molar-refractivity contribution < 1.29 is 4.79 Å². The molecule has 0 radical (unpaired) electrons.